The number of anilines is 1. The van der Waals surface area contributed by atoms with Crippen LogP contribution < -0.4 is 11.1 Å². The zero-order valence-corrected chi connectivity index (χ0v) is 11.0. The number of rotatable bonds is 4. The van der Waals surface area contributed by atoms with E-state index in [-0.39, 0.29) is 12.3 Å². The molecule has 5 heteroatoms. The summed E-state index contributed by atoms with van der Waals surface area (Å²) < 4.78 is 0. The molecule has 2 aromatic rings. The highest BCUT2D eigenvalue weighted by atomic mass is 35.5. The number of amides is 1. The third-order valence-corrected chi connectivity index (χ3v) is 3.01. The van der Waals surface area contributed by atoms with Gasteiger partial charge in [-0.2, -0.15) is 0 Å². The number of nitrogen functional groups attached to an aromatic ring is 1. The molecule has 0 aliphatic carbocycles. The van der Waals surface area contributed by atoms with Gasteiger partial charge >= 0.3 is 0 Å². The molecule has 0 atom stereocenters. The topological polar surface area (TPSA) is 68.0 Å². The van der Waals surface area contributed by atoms with Gasteiger partial charge in [0.1, 0.15) is 5.82 Å². The third kappa shape index (κ3) is 3.96. The van der Waals surface area contributed by atoms with Crippen molar-refractivity contribution >= 4 is 23.3 Å². The van der Waals surface area contributed by atoms with Crippen molar-refractivity contribution in [2.45, 2.75) is 13.0 Å². The maximum Gasteiger partial charge on any atom is 0.224 e. The number of hydrogen-bond acceptors (Lipinski definition) is 3. The predicted octanol–water partition coefficient (Wildman–Crippen LogP) is 2.18. The maximum atomic E-state index is 11.8. The lowest BCUT2D eigenvalue weighted by atomic mass is 10.1. The molecule has 4 nitrogen and oxygen atoms in total. The maximum absolute atomic E-state index is 11.8. The van der Waals surface area contributed by atoms with Gasteiger partial charge in [-0.15, -0.1) is 0 Å². The van der Waals surface area contributed by atoms with Crippen LogP contribution in [0, 0.1) is 0 Å². The minimum Gasteiger partial charge on any atom is -0.384 e. The normalized spacial score (nSPS) is 10.2. The van der Waals surface area contributed by atoms with E-state index in [9.17, 15) is 4.79 Å². The summed E-state index contributed by atoms with van der Waals surface area (Å²) in [4.78, 5) is 15.7. The summed E-state index contributed by atoms with van der Waals surface area (Å²) in [5.74, 6) is 0.335. The molecule has 0 unspecified atom stereocenters. The second kappa shape index (κ2) is 6.20. The summed E-state index contributed by atoms with van der Waals surface area (Å²) in [5, 5.41) is 3.47. The van der Waals surface area contributed by atoms with Crippen LogP contribution in [0.1, 0.15) is 11.1 Å². The Labute approximate surface area is 116 Å². The van der Waals surface area contributed by atoms with E-state index in [0.717, 1.165) is 11.1 Å². The van der Waals surface area contributed by atoms with Crippen LogP contribution in [-0.4, -0.2) is 10.9 Å². The van der Waals surface area contributed by atoms with Crippen LogP contribution in [0.4, 0.5) is 5.82 Å². The van der Waals surface area contributed by atoms with E-state index < -0.39 is 0 Å². The van der Waals surface area contributed by atoms with Crippen molar-refractivity contribution in [3.05, 3.63) is 58.7 Å². The molecule has 0 fully saturated rings. The first kappa shape index (κ1) is 13.4. The number of carbonyl (C=O) groups is 1. The van der Waals surface area contributed by atoms with E-state index >= 15 is 0 Å². The molecule has 0 aliphatic heterocycles. The van der Waals surface area contributed by atoms with Gasteiger partial charge in [-0.05, 0) is 29.3 Å². The zero-order valence-electron chi connectivity index (χ0n) is 10.3. The minimum atomic E-state index is -0.0782. The average Bonchev–Trinajstić information content (AvgIpc) is 2.38. The van der Waals surface area contributed by atoms with Crippen LogP contribution >= 0.6 is 11.6 Å². The summed E-state index contributed by atoms with van der Waals surface area (Å²) in [6.45, 7) is 0.416. The van der Waals surface area contributed by atoms with Gasteiger partial charge < -0.3 is 11.1 Å². The largest absolute Gasteiger partial charge is 0.384 e. The standard InChI is InChI=1S/C14H14ClN3O/c15-12-4-2-1-3-11(12)9-18-14(19)8-10-5-6-17-13(16)7-10/h1-7H,8-9H2,(H2,16,17)(H,18,19). The quantitative estimate of drug-likeness (QED) is 0.899. The number of hydrogen-bond donors (Lipinski definition) is 2. The third-order valence-electron chi connectivity index (χ3n) is 2.64. The number of carbonyl (C=O) groups excluding carboxylic acids is 1. The number of nitrogens with one attached hydrogen (secondary N) is 1. The SMILES string of the molecule is Nc1cc(CC(=O)NCc2ccccc2Cl)ccn1. The number of aromatic nitrogens is 1. The molecular formula is C14H14ClN3O. The van der Waals surface area contributed by atoms with E-state index in [4.69, 9.17) is 17.3 Å². The van der Waals surface area contributed by atoms with Crippen LogP contribution in [-0.2, 0) is 17.8 Å². The van der Waals surface area contributed by atoms with Crippen LogP contribution in [0.3, 0.4) is 0 Å². The summed E-state index contributed by atoms with van der Waals surface area (Å²) in [5.41, 5.74) is 7.29. The lowest BCUT2D eigenvalue weighted by molar-refractivity contribution is -0.120. The number of benzene rings is 1. The van der Waals surface area contributed by atoms with E-state index in [1.165, 1.54) is 0 Å². The molecule has 0 aliphatic rings. The highest BCUT2D eigenvalue weighted by Gasteiger charge is 2.05. The number of nitrogens with two attached hydrogens (primary N) is 1. The Bertz CT molecular complexity index is 586. The van der Waals surface area contributed by atoms with E-state index in [0.29, 0.717) is 17.4 Å². The molecule has 1 heterocycles. The molecule has 3 N–H and O–H groups in total. The summed E-state index contributed by atoms with van der Waals surface area (Å²) in [6.07, 6.45) is 1.86. The van der Waals surface area contributed by atoms with E-state index in [1.807, 2.05) is 18.2 Å². The van der Waals surface area contributed by atoms with Crippen molar-refractivity contribution in [3.8, 4) is 0 Å². The van der Waals surface area contributed by atoms with Crippen molar-refractivity contribution in [1.29, 1.82) is 0 Å². The molecule has 1 aromatic heterocycles. The Kier molecular flexibility index (Phi) is 4.36. The fraction of sp³-hybridized carbons (Fsp3) is 0.143. The summed E-state index contributed by atoms with van der Waals surface area (Å²) in [6, 6.07) is 10.9. The zero-order chi connectivity index (χ0) is 13.7. The molecule has 0 saturated carbocycles. The van der Waals surface area contributed by atoms with Gasteiger partial charge in [0.05, 0.1) is 6.42 Å². The molecule has 0 bridgehead atoms. The summed E-state index contributed by atoms with van der Waals surface area (Å²) >= 11 is 6.01. The minimum absolute atomic E-state index is 0.0782. The second-order valence-corrected chi connectivity index (χ2v) is 4.54. The van der Waals surface area contributed by atoms with Gasteiger partial charge in [-0.25, -0.2) is 4.98 Å². The van der Waals surface area contributed by atoms with Gasteiger partial charge in [0.15, 0.2) is 0 Å². The molecule has 0 saturated heterocycles. The smallest absolute Gasteiger partial charge is 0.224 e. The second-order valence-electron chi connectivity index (χ2n) is 4.13. The average molecular weight is 276 g/mol. The van der Waals surface area contributed by atoms with Crippen molar-refractivity contribution in [2.24, 2.45) is 0 Å². The van der Waals surface area contributed by atoms with Gasteiger partial charge in [0, 0.05) is 17.8 Å². The van der Waals surface area contributed by atoms with Crippen molar-refractivity contribution < 1.29 is 4.79 Å². The first-order chi connectivity index (χ1) is 9.15. The van der Waals surface area contributed by atoms with Crippen molar-refractivity contribution in [3.63, 3.8) is 0 Å². The van der Waals surface area contributed by atoms with Crippen LogP contribution in [0.5, 0.6) is 0 Å². The lowest BCUT2D eigenvalue weighted by Crippen LogP contribution is -2.24. The predicted molar refractivity (Wildman–Crippen MR) is 75.7 cm³/mol. The molecule has 0 spiro atoms. The Morgan fingerprint density at radius 3 is 2.84 bits per heavy atom. The number of nitrogens with zero attached hydrogens (tertiary/aromatic N) is 1. The van der Waals surface area contributed by atoms with Crippen LogP contribution in [0.15, 0.2) is 42.6 Å². The molecule has 98 valence electrons. The monoisotopic (exact) mass is 275 g/mol. The Morgan fingerprint density at radius 1 is 1.32 bits per heavy atom. The number of pyridine rings is 1. The van der Waals surface area contributed by atoms with Gasteiger partial charge in [0.2, 0.25) is 5.91 Å². The van der Waals surface area contributed by atoms with E-state index in [2.05, 4.69) is 10.3 Å². The highest BCUT2D eigenvalue weighted by Crippen LogP contribution is 2.14. The summed E-state index contributed by atoms with van der Waals surface area (Å²) in [7, 11) is 0. The van der Waals surface area contributed by atoms with E-state index in [1.54, 1.807) is 24.4 Å². The van der Waals surface area contributed by atoms with Crippen LogP contribution in [0.2, 0.25) is 5.02 Å². The molecule has 19 heavy (non-hydrogen) atoms. The van der Waals surface area contributed by atoms with Crippen LogP contribution in [0.25, 0.3) is 0 Å². The van der Waals surface area contributed by atoms with Crippen molar-refractivity contribution in [1.82, 2.24) is 10.3 Å². The highest BCUT2D eigenvalue weighted by molar-refractivity contribution is 6.31. The Balaban J connectivity index is 1.90. The Hall–Kier alpha value is -2.07. The lowest BCUT2D eigenvalue weighted by Gasteiger charge is -2.07. The fourth-order valence-corrected chi connectivity index (χ4v) is 1.89. The van der Waals surface area contributed by atoms with Gasteiger partial charge in [-0.3, -0.25) is 4.79 Å². The first-order valence-electron chi connectivity index (χ1n) is 5.85. The molecule has 1 amide bonds. The van der Waals surface area contributed by atoms with Gasteiger partial charge in [0.25, 0.3) is 0 Å². The molecule has 2 rings (SSSR count). The molecule has 0 radical (unpaired) electrons. The van der Waals surface area contributed by atoms with Crippen molar-refractivity contribution in [2.75, 3.05) is 5.73 Å². The molecule has 1 aromatic carbocycles. The number of halogens is 1. The fourth-order valence-electron chi connectivity index (χ4n) is 1.69. The van der Waals surface area contributed by atoms with Gasteiger partial charge in [-0.1, -0.05) is 29.8 Å². The first-order valence-corrected chi connectivity index (χ1v) is 6.23. The Morgan fingerprint density at radius 2 is 2.11 bits per heavy atom. The molecular weight excluding hydrogens is 262 g/mol.